The lowest BCUT2D eigenvalue weighted by Gasteiger charge is -2.61. The van der Waals surface area contributed by atoms with Crippen molar-refractivity contribution >= 4 is 28.0 Å². The van der Waals surface area contributed by atoms with Gasteiger partial charge in [-0.25, -0.2) is 22.9 Å². The highest BCUT2D eigenvalue weighted by Crippen LogP contribution is 2.61. The minimum absolute atomic E-state index is 0. The molecule has 4 aliphatic rings. The van der Waals surface area contributed by atoms with Gasteiger partial charge in [0.2, 0.25) is 11.8 Å². The second kappa shape index (κ2) is 12.4. The van der Waals surface area contributed by atoms with Gasteiger partial charge in [-0.3, -0.25) is 4.79 Å². The predicted molar refractivity (Wildman–Crippen MR) is 183 cm³/mol. The Morgan fingerprint density at radius 1 is 1.08 bits per heavy atom. The van der Waals surface area contributed by atoms with Gasteiger partial charge in [0, 0.05) is 43.2 Å². The first-order chi connectivity index (χ1) is 24.0. The van der Waals surface area contributed by atoms with Crippen molar-refractivity contribution in [2.75, 3.05) is 24.4 Å². The van der Waals surface area contributed by atoms with Gasteiger partial charge in [-0.05, 0) is 89.1 Å². The predicted octanol–water partition coefficient (Wildman–Crippen LogP) is 6.75. The van der Waals surface area contributed by atoms with E-state index in [0.29, 0.717) is 31.6 Å². The first-order valence-electron chi connectivity index (χ1n) is 17.0. The lowest BCUT2D eigenvalue weighted by molar-refractivity contribution is -0.194. The number of amides is 2. The molecule has 7 rings (SSSR count). The number of aryl methyl sites for hydroxylation is 2. The van der Waals surface area contributed by atoms with Crippen LogP contribution in [0.15, 0.2) is 53.4 Å². The topological polar surface area (TPSA) is 131 Å². The fraction of sp³-hybridized carbons (Fsp3) is 0.500. The Bertz CT molecular complexity index is 1970. The lowest BCUT2D eigenvalue weighted by atomic mass is 9.60. The van der Waals surface area contributed by atoms with Crippen LogP contribution in [0.5, 0.6) is 5.88 Å². The summed E-state index contributed by atoms with van der Waals surface area (Å²) in [5.74, 6) is -0.930. The summed E-state index contributed by atoms with van der Waals surface area (Å²) >= 11 is 0. The third kappa shape index (κ3) is 6.60. The summed E-state index contributed by atoms with van der Waals surface area (Å²) in [5, 5.41) is 0. The molecule has 1 aromatic heterocycles. The zero-order valence-corrected chi connectivity index (χ0v) is 29.6. The van der Waals surface area contributed by atoms with Gasteiger partial charge in [-0.15, -0.1) is 0 Å². The van der Waals surface area contributed by atoms with Gasteiger partial charge in [0.1, 0.15) is 6.61 Å². The van der Waals surface area contributed by atoms with Crippen LogP contribution in [0.2, 0.25) is 0 Å². The quantitative estimate of drug-likeness (QED) is 0.305. The van der Waals surface area contributed by atoms with Crippen molar-refractivity contribution in [2.24, 2.45) is 10.8 Å². The number of carbonyl (C=O) groups excluding carboxylic acids is 2. The summed E-state index contributed by atoms with van der Waals surface area (Å²) in [4.78, 5) is 38.6. The summed E-state index contributed by atoms with van der Waals surface area (Å²) in [5.41, 5.74) is 0.551. The number of nitrogens with one attached hydrogen (secondary N) is 1. The molecule has 1 N–H and O–H groups in total. The smallest absolute Gasteiger partial charge is 0.410 e. The number of fused-ring (bicyclic) bond motifs is 4. The Morgan fingerprint density at radius 3 is 2.37 bits per heavy atom. The Morgan fingerprint density at radius 2 is 1.75 bits per heavy atom. The number of benzene rings is 2. The number of carbonyl (C=O) groups is 2. The molecule has 15 heteroatoms. The van der Waals surface area contributed by atoms with Crippen LogP contribution in [0.3, 0.4) is 0 Å². The molecule has 11 nitrogen and oxygen atoms in total. The number of halogens is 3. The molecule has 3 fully saturated rings. The molecule has 1 atom stereocenters. The van der Waals surface area contributed by atoms with Gasteiger partial charge in [0.15, 0.2) is 0 Å². The molecule has 3 aromatic rings. The Kier molecular flexibility index (Phi) is 8.50. The molecule has 2 saturated carbocycles. The SMILES string of the molecule is Cc1cccc(C)c1-c1cc2nc(n1)NS(=O)(=O)c1cccc(c1)C(=O)N(C1CC3(C1)CN(C(=O)OC(C)C)C3)[C@H](CC1(C(F)(F)F)CC1)CO2.[HH]. The van der Waals surface area contributed by atoms with Crippen LogP contribution in [-0.4, -0.2) is 84.2 Å². The monoisotopic (exact) mass is 729 g/mol. The number of hydrogen-bond donors (Lipinski definition) is 1. The van der Waals surface area contributed by atoms with Crippen LogP contribution in [-0.2, 0) is 14.8 Å². The molecule has 0 radical (unpaired) electrons. The average molecular weight is 730 g/mol. The highest BCUT2D eigenvalue weighted by Gasteiger charge is 2.65. The Balaban J connectivity index is 0.00000464. The van der Waals surface area contributed by atoms with Crippen molar-refractivity contribution in [3.8, 4) is 17.1 Å². The molecule has 1 spiro atoms. The van der Waals surface area contributed by atoms with Crippen LogP contribution in [0.1, 0.15) is 68.9 Å². The number of likely N-dealkylation sites (tertiary alicyclic amines) is 1. The molecule has 51 heavy (non-hydrogen) atoms. The minimum atomic E-state index is -4.50. The zero-order valence-electron chi connectivity index (χ0n) is 28.8. The largest absolute Gasteiger partial charge is 0.475 e. The maximum Gasteiger partial charge on any atom is 0.410 e. The number of ether oxygens (including phenoxy) is 2. The number of nitrogens with zero attached hydrogens (tertiary/aromatic N) is 4. The van der Waals surface area contributed by atoms with Crippen molar-refractivity contribution in [3.63, 3.8) is 0 Å². The van der Waals surface area contributed by atoms with Gasteiger partial charge in [0.05, 0.1) is 28.2 Å². The van der Waals surface area contributed by atoms with E-state index in [4.69, 9.17) is 9.47 Å². The number of hydrogen-bond acceptors (Lipinski definition) is 8. The molecule has 2 aliphatic carbocycles. The lowest BCUT2D eigenvalue weighted by Crippen LogP contribution is -2.69. The molecule has 4 bridgehead atoms. The van der Waals surface area contributed by atoms with Crippen LogP contribution in [0.25, 0.3) is 11.3 Å². The van der Waals surface area contributed by atoms with Gasteiger partial charge in [-0.2, -0.15) is 18.2 Å². The highest BCUT2D eigenvalue weighted by molar-refractivity contribution is 7.92. The van der Waals surface area contributed by atoms with E-state index < -0.39 is 52.1 Å². The molecular weight excluding hydrogens is 687 g/mol. The van der Waals surface area contributed by atoms with Gasteiger partial charge in [0.25, 0.3) is 15.9 Å². The molecular formula is C36H42F3N5O6S. The standard InChI is InChI=1S/C36H40F3N5O6S.H2/c1-21(2)50-33(46)43-19-34(20-43)15-25(16-34)44-26(17-35(11-12-35)36(37,38)39)18-49-29-14-28(30-22(3)7-5-8-23(30)4)40-32(41-29)42-51(47,48)27-10-6-9-24(13-27)31(44)45;/h5-10,13-14,21,25-26H,11-12,15-20H2,1-4H3,(H,40,41,42);1H/t26-;/m1./s1. The van der Waals surface area contributed by atoms with Crippen LogP contribution >= 0.6 is 0 Å². The summed E-state index contributed by atoms with van der Waals surface area (Å²) in [6.45, 7) is 7.79. The Hall–Kier alpha value is -4.40. The van der Waals surface area contributed by atoms with Crippen LogP contribution < -0.4 is 9.46 Å². The van der Waals surface area contributed by atoms with E-state index in [0.717, 1.165) is 16.7 Å². The number of rotatable bonds is 5. The third-order valence-corrected chi connectivity index (χ3v) is 11.9. The fourth-order valence-electron chi connectivity index (χ4n) is 7.83. The van der Waals surface area contributed by atoms with Gasteiger partial charge in [-0.1, -0.05) is 24.3 Å². The second-order valence-corrected chi connectivity index (χ2v) is 16.5. The Labute approximate surface area is 296 Å². The maximum atomic E-state index is 14.5. The van der Waals surface area contributed by atoms with E-state index in [1.54, 1.807) is 18.7 Å². The summed E-state index contributed by atoms with van der Waals surface area (Å²) < 4.78 is 84.8. The molecule has 2 aliphatic heterocycles. The molecule has 2 aromatic carbocycles. The summed E-state index contributed by atoms with van der Waals surface area (Å²) in [6, 6.07) is 11.1. The number of alkyl halides is 3. The third-order valence-electron chi connectivity index (χ3n) is 10.6. The van der Waals surface area contributed by atoms with Crippen molar-refractivity contribution in [2.45, 2.75) is 89.1 Å². The average Bonchev–Trinajstić information content (AvgIpc) is 3.80. The normalized spacial score (nSPS) is 22.0. The highest BCUT2D eigenvalue weighted by atomic mass is 32.2. The van der Waals surface area contributed by atoms with Crippen LogP contribution in [0.4, 0.5) is 23.9 Å². The van der Waals surface area contributed by atoms with E-state index in [1.165, 1.54) is 35.2 Å². The van der Waals surface area contributed by atoms with Gasteiger partial charge < -0.3 is 19.3 Å². The zero-order chi connectivity index (χ0) is 36.5. The number of aromatic nitrogens is 2. The minimum Gasteiger partial charge on any atom is -0.475 e. The molecule has 1 saturated heterocycles. The second-order valence-electron chi connectivity index (χ2n) is 14.8. The van der Waals surface area contributed by atoms with Gasteiger partial charge >= 0.3 is 12.3 Å². The molecule has 3 heterocycles. The number of sulfonamides is 1. The van der Waals surface area contributed by atoms with E-state index in [2.05, 4.69) is 14.7 Å². The van der Waals surface area contributed by atoms with Crippen molar-refractivity contribution in [1.29, 1.82) is 0 Å². The molecule has 274 valence electrons. The van der Waals surface area contributed by atoms with Crippen LogP contribution in [0, 0.1) is 24.7 Å². The fourth-order valence-corrected chi connectivity index (χ4v) is 8.82. The van der Waals surface area contributed by atoms with Crippen molar-refractivity contribution in [1.82, 2.24) is 19.8 Å². The molecule has 2 amide bonds. The maximum absolute atomic E-state index is 14.5. The first-order valence-corrected chi connectivity index (χ1v) is 18.5. The van der Waals surface area contributed by atoms with Crippen molar-refractivity contribution < 1.29 is 42.1 Å². The van der Waals surface area contributed by atoms with Crippen molar-refractivity contribution in [3.05, 3.63) is 65.2 Å². The summed E-state index contributed by atoms with van der Waals surface area (Å²) in [6.07, 6.45) is -4.83. The molecule has 0 unspecified atom stereocenters. The van der Waals surface area contributed by atoms with E-state index in [9.17, 15) is 31.2 Å². The van der Waals surface area contributed by atoms with E-state index in [1.807, 2.05) is 32.0 Å². The van der Waals surface area contributed by atoms with E-state index in [-0.39, 0.29) is 54.7 Å². The van der Waals surface area contributed by atoms with E-state index >= 15 is 0 Å². The first kappa shape index (κ1) is 35.0. The number of anilines is 1. The summed E-state index contributed by atoms with van der Waals surface area (Å²) in [7, 11) is -4.32.